The Morgan fingerprint density at radius 3 is 2.71 bits per heavy atom. The van der Waals surface area contributed by atoms with Gasteiger partial charge < -0.3 is 9.64 Å². The van der Waals surface area contributed by atoms with E-state index in [0.717, 1.165) is 24.8 Å². The van der Waals surface area contributed by atoms with Crippen LogP contribution in [0, 0.1) is 5.92 Å². The average molecular weight is 304 g/mol. The van der Waals surface area contributed by atoms with Crippen molar-refractivity contribution >= 4 is 21.8 Å². The first-order valence-electron chi connectivity index (χ1n) is 6.52. The number of carbonyl (C=O) groups excluding carboxylic acids is 1. The molecule has 0 N–H and O–H groups in total. The molecule has 0 radical (unpaired) electrons. The summed E-state index contributed by atoms with van der Waals surface area (Å²) in [4.78, 5) is 14.2. The van der Waals surface area contributed by atoms with Crippen molar-refractivity contribution in [2.45, 2.75) is 51.2 Å². The lowest BCUT2D eigenvalue weighted by Gasteiger charge is -2.43. The Morgan fingerprint density at radius 2 is 2.18 bits per heavy atom. The molecule has 2 rings (SSSR count). The summed E-state index contributed by atoms with van der Waals surface area (Å²) in [6.07, 6.45) is 4.65. The van der Waals surface area contributed by atoms with Crippen molar-refractivity contribution in [3.8, 4) is 0 Å². The van der Waals surface area contributed by atoms with E-state index in [1.165, 1.54) is 19.3 Å². The minimum absolute atomic E-state index is 0.129. The van der Waals surface area contributed by atoms with E-state index in [-0.39, 0.29) is 11.7 Å². The third-order valence-corrected chi connectivity index (χ3v) is 4.42. The van der Waals surface area contributed by atoms with Crippen LogP contribution in [-0.2, 0) is 9.53 Å². The monoisotopic (exact) mass is 303 g/mol. The predicted octanol–water partition coefficient (Wildman–Crippen LogP) is 2.58. The lowest BCUT2D eigenvalue weighted by molar-refractivity contribution is -0.158. The molecule has 0 spiro atoms. The van der Waals surface area contributed by atoms with Crippen molar-refractivity contribution in [3.05, 3.63) is 0 Å². The van der Waals surface area contributed by atoms with Crippen molar-refractivity contribution in [1.29, 1.82) is 0 Å². The molecule has 0 aromatic rings. The highest BCUT2D eigenvalue weighted by Gasteiger charge is 2.35. The Bertz CT molecular complexity index is 289. The van der Waals surface area contributed by atoms with E-state index in [1.54, 1.807) is 0 Å². The number of rotatable bonds is 3. The maximum atomic E-state index is 12.2. The number of carbonyl (C=O) groups is 1. The number of alkyl halides is 1. The summed E-state index contributed by atoms with van der Waals surface area (Å²) in [5.41, 5.74) is -0.216. The molecule has 0 aromatic heterocycles. The van der Waals surface area contributed by atoms with Gasteiger partial charge in [0.05, 0.1) is 11.7 Å². The van der Waals surface area contributed by atoms with Crippen LogP contribution in [-0.4, -0.2) is 40.9 Å². The molecule has 1 aliphatic carbocycles. The molecule has 2 aliphatic rings. The van der Waals surface area contributed by atoms with Crippen molar-refractivity contribution in [3.63, 3.8) is 0 Å². The van der Waals surface area contributed by atoms with Crippen LogP contribution in [0.3, 0.4) is 0 Å². The second kappa shape index (κ2) is 5.27. The van der Waals surface area contributed by atoms with E-state index in [0.29, 0.717) is 11.8 Å². The Hall–Kier alpha value is -0.0900. The molecular weight excluding hydrogens is 282 g/mol. The van der Waals surface area contributed by atoms with E-state index < -0.39 is 0 Å². The SMILES string of the molecule is CC1(C)CN(C(=O)CC2CCC2)CC(CBr)O1. The maximum absolute atomic E-state index is 12.2. The van der Waals surface area contributed by atoms with E-state index in [9.17, 15) is 4.79 Å². The van der Waals surface area contributed by atoms with Crippen LogP contribution < -0.4 is 0 Å². The summed E-state index contributed by atoms with van der Waals surface area (Å²) >= 11 is 3.45. The average Bonchev–Trinajstić information content (AvgIpc) is 2.20. The zero-order chi connectivity index (χ0) is 12.5. The molecule has 3 nitrogen and oxygen atoms in total. The number of amides is 1. The minimum atomic E-state index is -0.216. The maximum Gasteiger partial charge on any atom is 0.223 e. The molecular formula is C13H22BrNO2. The molecule has 2 fully saturated rings. The van der Waals surface area contributed by atoms with Gasteiger partial charge in [0, 0.05) is 24.8 Å². The predicted molar refractivity (Wildman–Crippen MR) is 71.3 cm³/mol. The van der Waals surface area contributed by atoms with Gasteiger partial charge in [-0.15, -0.1) is 0 Å². The smallest absolute Gasteiger partial charge is 0.223 e. The van der Waals surface area contributed by atoms with Crippen LogP contribution in [0.1, 0.15) is 39.5 Å². The fourth-order valence-corrected chi connectivity index (χ4v) is 2.98. The molecule has 0 aromatic carbocycles. The molecule has 17 heavy (non-hydrogen) atoms. The molecule has 1 heterocycles. The number of hydrogen-bond donors (Lipinski definition) is 0. The summed E-state index contributed by atoms with van der Waals surface area (Å²) in [5, 5.41) is 0.795. The number of nitrogens with zero attached hydrogens (tertiary/aromatic N) is 1. The van der Waals surface area contributed by atoms with E-state index in [4.69, 9.17) is 4.74 Å². The van der Waals surface area contributed by atoms with Crippen LogP contribution in [0.15, 0.2) is 0 Å². The van der Waals surface area contributed by atoms with Gasteiger partial charge in [-0.2, -0.15) is 0 Å². The first kappa shape index (κ1) is 13.3. The van der Waals surface area contributed by atoms with Gasteiger partial charge in [-0.3, -0.25) is 4.79 Å². The van der Waals surface area contributed by atoms with E-state index >= 15 is 0 Å². The Kier molecular flexibility index (Phi) is 4.14. The van der Waals surface area contributed by atoms with Crippen LogP contribution >= 0.6 is 15.9 Å². The van der Waals surface area contributed by atoms with Crippen molar-refractivity contribution in [1.82, 2.24) is 4.90 Å². The number of hydrogen-bond acceptors (Lipinski definition) is 2. The first-order chi connectivity index (χ1) is 8.00. The van der Waals surface area contributed by atoms with E-state index in [2.05, 4.69) is 29.8 Å². The van der Waals surface area contributed by atoms with Gasteiger partial charge in [-0.25, -0.2) is 0 Å². The quantitative estimate of drug-likeness (QED) is 0.750. The van der Waals surface area contributed by atoms with Gasteiger partial charge in [0.25, 0.3) is 0 Å². The molecule has 1 saturated carbocycles. The topological polar surface area (TPSA) is 29.5 Å². The largest absolute Gasteiger partial charge is 0.368 e. The normalized spacial score (nSPS) is 28.9. The van der Waals surface area contributed by atoms with E-state index in [1.807, 2.05) is 4.90 Å². The van der Waals surface area contributed by atoms with Gasteiger partial charge >= 0.3 is 0 Å². The molecule has 4 heteroatoms. The fraction of sp³-hybridized carbons (Fsp3) is 0.923. The molecule has 1 unspecified atom stereocenters. The van der Waals surface area contributed by atoms with Crippen LogP contribution in [0.25, 0.3) is 0 Å². The molecule has 1 atom stereocenters. The highest BCUT2D eigenvalue weighted by Crippen LogP contribution is 2.31. The summed E-state index contributed by atoms with van der Waals surface area (Å²) < 4.78 is 5.91. The fourth-order valence-electron chi connectivity index (χ4n) is 2.64. The summed E-state index contributed by atoms with van der Waals surface area (Å²) in [5.74, 6) is 0.966. The van der Waals surface area contributed by atoms with Crippen LogP contribution in [0.2, 0.25) is 0 Å². The van der Waals surface area contributed by atoms with Gasteiger partial charge in [-0.1, -0.05) is 22.4 Å². The highest BCUT2D eigenvalue weighted by atomic mass is 79.9. The molecule has 1 saturated heterocycles. The number of halogens is 1. The highest BCUT2D eigenvalue weighted by molar-refractivity contribution is 9.09. The molecule has 0 bridgehead atoms. The first-order valence-corrected chi connectivity index (χ1v) is 7.64. The Morgan fingerprint density at radius 1 is 1.47 bits per heavy atom. The summed E-state index contributed by atoms with van der Waals surface area (Å²) in [7, 11) is 0. The van der Waals surface area contributed by atoms with Crippen molar-refractivity contribution < 1.29 is 9.53 Å². The van der Waals surface area contributed by atoms with Gasteiger partial charge in [-0.05, 0) is 32.6 Å². The Balaban J connectivity index is 1.91. The van der Waals surface area contributed by atoms with Gasteiger partial charge in [0.2, 0.25) is 5.91 Å². The minimum Gasteiger partial charge on any atom is -0.368 e. The second-order valence-electron chi connectivity index (χ2n) is 5.93. The lowest BCUT2D eigenvalue weighted by atomic mass is 9.82. The second-order valence-corrected chi connectivity index (χ2v) is 6.58. The van der Waals surface area contributed by atoms with Crippen LogP contribution in [0.4, 0.5) is 0 Å². The van der Waals surface area contributed by atoms with Crippen LogP contribution in [0.5, 0.6) is 0 Å². The number of morpholine rings is 1. The third kappa shape index (κ3) is 3.44. The summed E-state index contributed by atoms with van der Waals surface area (Å²) in [6.45, 7) is 5.58. The molecule has 98 valence electrons. The number of ether oxygens (including phenoxy) is 1. The van der Waals surface area contributed by atoms with Gasteiger partial charge in [0.1, 0.15) is 0 Å². The molecule has 1 amide bonds. The standard InChI is InChI=1S/C13H22BrNO2/c1-13(2)9-15(8-11(7-14)17-13)12(16)6-10-4-3-5-10/h10-11H,3-9H2,1-2H3. The third-order valence-electron chi connectivity index (χ3n) is 3.69. The zero-order valence-corrected chi connectivity index (χ0v) is 12.3. The Labute approximate surface area is 112 Å². The van der Waals surface area contributed by atoms with Gasteiger partial charge in [0.15, 0.2) is 0 Å². The summed E-state index contributed by atoms with van der Waals surface area (Å²) in [6, 6.07) is 0. The lowest BCUT2D eigenvalue weighted by Crippen LogP contribution is -2.55. The van der Waals surface area contributed by atoms with Crippen molar-refractivity contribution in [2.75, 3.05) is 18.4 Å². The molecule has 1 aliphatic heterocycles. The van der Waals surface area contributed by atoms with Crippen molar-refractivity contribution in [2.24, 2.45) is 5.92 Å². The zero-order valence-electron chi connectivity index (χ0n) is 10.7.